The number of nitrogens with one attached hydrogen (secondary N) is 1. The summed E-state index contributed by atoms with van der Waals surface area (Å²) in [7, 11) is 1.59. The van der Waals surface area contributed by atoms with Gasteiger partial charge in [0.05, 0.1) is 0 Å². The maximum Gasteiger partial charge on any atom is 0.233 e. The van der Waals surface area contributed by atoms with E-state index in [4.69, 9.17) is 0 Å². The van der Waals surface area contributed by atoms with Crippen molar-refractivity contribution in [1.29, 1.82) is 0 Å². The van der Waals surface area contributed by atoms with Crippen LogP contribution in [0.4, 0.5) is 0 Å². The van der Waals surface area contributed by atoms with E-state index in [1.807, 2.05) is 0 Å². The van der Waals surface area contributed by atoms with Crippen molar-refractivity contribution in [2.24, 2.45) is 16.1 Å². The van der Waals surface area contributed by atoms with Crippen LogP contribution in [-0.2, 0) is 4.79 Å². The van der Waals surface area contributed by atoms with Gasteiger partial charge in [-0.1, -0.05) is 0 Å². The second kappa shape index (κ2) is 2.39. The van der Waals surface area contributed by atoms with Gasteiger partial charge >= 0.3 is 0 Å². The first kappa shape index (κ1) is 5.94. The van der Waals surface area contributed by atoms with Gasteiger partial charge < -0.3 is 5.32 Å². The van der Waals surface area contributed by atoms with Crippen molar-refractivity contribution >= 4 is 18.3 Å². The molecule has 0 aromatic rings. The summed E-state index contributed by atoms with van der Waals surface area (Å²) in [5.74, 6) is -0.324. The minimum atomic E-state index is -0.255. The lowest BCUT2D eigenvalue weighted by atomic mass is 10.2. The molecule has 48 valence electrons. The first-order valence-electron chi connectivity index (χ1n) is 2.63. The second-order valence-electron chi connectivity index (χ2n) is 1.67. The first-order valence-corrected chi connectivity index (χ1v) is 2.63. The van der Waals surface area contributed by atoms with Crippen LogP contribution in [0.15, 0.2) is 10.2 Å². The molecule has 0 aliphatic carbocycles. The highest BCUT2D eigenvalue weighted by Crippen LogP contribution is 1.94. The summed E-state index contributed by atoms with van der Waals surface area (Å²) >= 11 is 0. The van der Waals surface area contributed by atoms with Crippen molar-refractivity contribution in [3.63, 3.8) is 0 Å². The fourth-order valence-electron chi connectivity index (χ4n) is 0.561. The molecular formula is C5H7N3O. The maximum absolute atomic E-state index is 10.7. The quantitative estimate of drug-likeness (QED) is 0.500. The molecule has 1 amide bonds. The Morgan fingerprint density at radius 2 is 2.11 bits per heavy atom. The Kier molecular flexibility index (Phi) is 1.58. The Morgan fingerprint density at radius 3 is 2.56 bits per heavy atom. The predicted octanol–water partition coefficient (Wildman–Crippen LogP) is -0.581. The topological polar surface area (TPSA) is 53.8 Å². The van der Waals surface area contributed by atoms with Gasteiger partial charge in [0, 0.05) is 19.5 Å². The summed E-state index contributed by atoms with van der Waals surface area (Å²) in [6.07, 6.45) is 3.00. The first-order chi connectivity index (χ1) is 4.34. The predicted molar refractivity (Wildman–Crippen MR) is 34.5 cm³/mol. The third-order valence-electron chi connectivity index (χ3n) is 1.07. The number of carbonyl (C=O) groups excluding carboxylic acids is 1. The van der Waals surface area contributed by atoms with Crippen LogP contribution in [0.25, 0.3) is 0 Å². The lowest BCUT2D eigenvalue weighted by Crippen LogP contribution is -2.27. The zero-order valence-electron chi connectivity index (χ0n) is 5.03. The van der Waals surface area contributed by atoms with E-state index in [1.54, 1.807) is 7.05 Å². The van der Waals surface area contributed by atoms with Crippen molar-refractivity contribution in [3.8, 4) is 0 Å². The van der Waals surface area contributed by atoms with E-state index in [-0.39, 0.29) is 11.8 Å². The summed E-state index contributed by atoms with van der Waals surface area (Å²) < 4.78 is 0. The zero-order chi connectivity index (χ0) is 6.69. The van der Waals surface area contributed by atoms with E-state index in [1.165, 1.54) is 12.4 Å². The van der Waals surface area contributed by atoms with Crippen LogP contribution in [-0.4, -0.2) is 25.4 Å². The Hall–Kier alpha value is -1.19. The molecule has 4 heteroatoms. The largest absolute Gasteiger partial charge is 0.358 e. The van der Waals surface area contributed by atoms with Gasteiger partial charge in [-0.05, 0) is 0 Å². The van der Waals surface area contributed by atoms with Crippen LogP contribution in [0.5, 0.6) is 0 Å². The maximum atomic E-state index is 10.7. The van der Waals surface area contributed by atoms with Gasteiger partial charge in [-0.2, -0.15) is 10.2 Å². The van der Waals surface area contributed by atoms with Crippen LogP contribution < -0.4 is 5.32 Å². The van der Waals surface area contributed by atoms with Crippen LogP contribution in [0, 0.1) is 5.92 Å². The molecule has 9 heavy (non-hydrogen) atoms. The standard InChI is InChI=1S/C5H7N3O/c1-6-5(9)4-2-7-8-3-4/h2-4H,1H3,(H,6,9). The molecule has 0 unspecified atom stereocenters. The van der Waals surface area contributed by atoms with Crippen molar-refractivity contribution in [3.05, 3.63) is 0 Å². The molecule has 1 heterocycles. The average Bonchev–Trinajstić information content (AvgIpc) is 2.37. The molecule has 1 rings (SSSR count). The molecule has 0 fully saturated rings. The molecular weight excluding hydrogens is 118 g/mol. The second-order valence-corrected chi connectivity index (χ2v) is 1.67. The van der Waals surface area contributed by atoms with Crippen LogP contribution >= 0.6 is 0 Å². The van der Waals surface area contributed by atoms with Gasteiger partial charge in [0.15, 0.2) is 0 Å². The van der Waals surface area contributed by atoms with Crippen LogP contribution in [0.2, 0.25) is 0 Å². The summed E-state index contributed by atoms with van der Waals surface area (Å²) in [6.45, 7) is 0. The van der Waals surface area contributed by atoms with Crippen LogP contribution in [0.1, 0.15) is 0 Å². The Morgan fingerprint density at radius 1 is 1.56 bits per heavy atom. The third kappa shape index (κ3) is 1.13. The molecule has 0 saturated heterocycles. The highest BCUT2D eigenvalue weighted by molar-refractivity contribution is 6.09. The molecule has 4 nitrogen and oxygen atoms in total. The summed E-state index contributed by atoms with van der Waals surface area (Å²) in [5, 5.41) is 9.52. The molecule has 1 aliphatic rings. The molecule has 0 aromatic heterocycles. The Labute approximate surface area is 52.7 Å². The summed E-state index contributed by atoms with van der Waals surface area (Å²) in [4.78, 5) is 10.7. The van der Waals surface area contributed by atoms with Crippen molar-refractivity contribution in [2.45, 2.75) is 0 Å². The lowest BCUT2D eigenvalue weighted by Gasteiger charge is -1.97. The number of rotatable bonds is 1. The van der Waals surface area contributed by atoms with E-state index in [2.05, 4.69) is 15.5 Å². The molecule has 0 atom stereocenters. The van der Waals surface area contributed by atoms with E-state index >= 15 is 0 Å². The number of amides is 1. The van der Waals surface area contributed by atoms with E-state index in [9.17, 15) is 4.79 Å². The highest BCUT2D eigenvalue weighted by Gasteiger charge is 2.13. The monoisotopic (exact) mass is 125 g/mol. The number of hydrogen-bond acceptors (Lipinski definition) is 3. The third-order valence-corrected chi connectivity index (χ3v) is 1.07. The van der Waals surface area contributed by atoms with Crippen LogP contribution in [0.3, 0.4) is 0 Å². The van der Waals surface area contributed by atoms with Gasteiger partial charge in [0.25, 0.3) is 0 Å². The minimum absolute atomic E-state index is 0.0694. The molecule has 1 aliphatic heterocycles. The summed E-state index contributed by atoms with van der Waals surface area (Å²) in [5.41, 5.74) is 0. The van der Waals surface area contributed by atoms with E-state index in [0.29, 0.717) is 0 Å². The molecule has 1 N–H and O–H groups in total. The van der Waals surface area contributed by atoms with E-state index < -0.39 is 0 Å². The normalized spacial score (nSPS) is 16.6. The SMILES string of the molecule is CNC(=O)C1C=NN=C1. The van der Waals surface area contributed by atoms with Gasteiger partial charge in [0.1, 0.15) is 5.92 Å². The number of nitrogens with zero attached hydrogens (tertiary/aromatic N) is 2. The molecule has 0 saturated carbocycles. The van der Waals surface area contributed by atoms with Gasteiger partial charge in [0.2, 0.25) is 5.91 Å². The Bertz CT molecular complexity index is 161. The zero-order valence-corrected chi connectivity index (χ0v) is 5.03. The average molecular weight is 125 g/mol. The van der Waals surface area contributed by atoms with Crippen molar-refractivity contribution in [1.82, 2.24) is 5.32 Å². The number of carbonyl (C=O) groups is 1. The van der Waals surface area contributed by atoms with Crippen molar-refractivity contribution in [2.75, 3.05) is 7.05 Å². The van der Waals surface area contributed by atoms with Crippen molar-refractivity contribution < 1.29 is 4.79 Å². The Balaban J connectivity index is 2.53. The minimum Gasteiger partial charge on any atom is -0.358 e. The van der Waals surface area contributed by atoms with Gasteiger partial charge in [-0.15, -0.1) is 0 Å². The van der Waals surface area contributed by atoms with Gasteiger partial charge in [-0.3, -0.25) is 4.79 Å². The van der Waals surface area contributed by atoms with Gasteiger partial charge in [-0.25, -0.2) is 0 Å². The fourth-order valence-corrected chi connectivity index (χ4v) is 0.561. The smallest absolute Gasteiger partial charge is 0.233 e. The lowest BCUT2D eigenvalue weighted by molar-refractivity contribution is -0.120. The molecule has 0 spiro atoms. The molecule has 0 radical (unpaired) electrons. The molecule has 0 aromatic carbocycles. The van der Waals surface area contributed by atoms with E-state index in [0.717, 1.165) is 0 Å². The number of hydrogen-bond donors (Lipinski definition) is 1. The molecule has 0 bridgehead atoms. The highest BCUT2D eigenvalue weighted by atomic mass is 16.1. The fraction of sp³-hybridized carbons (Fsp3) is 0.400. The summed E-state index contributed by atoms with van der Waals surface area (Å²) in [6, 6.07) is 0.